The molecular formula is C22H32N2O3. The molecule has 0 aromatic heterocycles. The van der Waals surface area contributed by atoms with Crippen LogP contribution in [0.15, 0.2) is 18.2 Å². The number of aliphatic hydroxyl groups is 1. The summed E-state index contributed by atoms with van der Waals surface area (Å²) in [6.07, 6.45) is 9.63. The number of amides is 1. The minimum absolute atomic E-state index is 0.0355. The first kappa shape index (κ1) is 18.8. The Bertz CT molecular complexity index is 655. The molecular weight excluding hydrogens is 340 g/mol. The number of ether oxygens (including phenoxy) is 1. The number of aryl methyl sites for hydroxylation is 2. The highest BCUT2D eigenvalue weighted by atomic mass is 16.5. The van der Waals surface area contributed by atoms with Gasteiger partial charge < -0.3 is 15.2 Å². The van der Waals surface area contributed by atoms with Crippen LogP contribution in [0.1, 0.15) is 56.1 Å². The van der Waals surface area contributed by atoms with Crippen molar-refractivity contribution in [3.05, 3.63) is 29.3 Å². The molecule has 5 heteroatoms. The lowest BCUT2D eigenvalue weighted by molar-refractivity contribution is -0.124. The van der Waals surface area contributed by atoms with Crippen LogP contribution in [0.2, 0.25) is 0 Å². The first-order valence-corrected chi connectivity index (χ1v) is 10.6. The Kier molecular flexibility index (Phi) is 5.98. The Labute approximate surface area is 162 Å². The third-order valence-electron chi connectivity index (χ3n) is 6.50. The van der Waals surface area contributed by atoms with E-state index in [1.807, 2.05) is 6.07 Å². The Morgan fingerprint density at radius 1 is 1.07 bits per heavy atom. The summed E-state index contributed by atoms with van der Waals surface area (Å²) >= 11 is 0. The number of nitrogens with zero attached hydrogens (tertiary/aromatic N) is 1. The maximum absolute atomic E-state index is 12.3. The molecule has 1 heterocycles. The van der Waals surface area contributed by atoms with Crippen molar-refractivity contribution in [2.24, 2.45) is 0 Å². The molecule has 2 N–H and O–H groups in total. The molecule has 148 valence electrons. The zero-order valence-corrected chi connectivity index (χ0v) is 16.2. The van der Waals surface area contributed by atoms with Gasteiger partial charge in [-0.1, -0.05) is 18.9 Å². The second-order valence-corrected chi connectivity index (χ2v) is 8.37. The van der Waals surface area contributed by atoms with Crippen molar-refractivity contribution in [1.29, 1.82) is 0 Å². The van der Waals surface area contributed by atoms with E-state index in [-0.39, 0.29) is 24.7 Å². The normalized spacial score (nSPS) is 26.6. The number of carbonyl (C=O) groups is 1. The first-order chi connectivity index (χ1) is 13.2. The molecule has 2 atom stereocenters. The summed E-state index contributed by atoms with van der Waals surface area (Å²) in [5, 5.41) is 13.4. The molecule has 5 nitrogen and oxygen atoms in total. The van der Waals surface area contributed by atoms with Crippen molar-refractivity contribution in [2.45, 2.75) is 76.0 Å². The number of benzene rings is 1. The molecule has 1 amide bonds. The predicted octanol–water partition coefficient (Wildman–Crippen LogP) is 2.44. The summed E-state index contributed by atoms with van der Waals surface area (Å²) in [6.45, 7) is 2.00. The Balaban J connectivity index is 1.19. The zero-order chi connectivity index (χ0) is 18.6. The maximum Gasteiger partial charge on any atom is 0.258 e. The van der Waals surface area contributed by atoms with Gasteiger partial charge >= 0.3 is 0 Å². The standard InChI is InChI=1S/C22H32N2O3/c25-21-7-2-1-6-20(21)24-12-10-18(11-13-24)23-22(26)15-27-19-9-8-16-4-3-5-17(16)14-19/h8-9,14,18,20-21,25H,1-7,10-13,15H2,(H,23,26)/t20-,21+/m0/s1. The van der Waals surface area contributed by atoms with Crippen LogP contribution in [0, 0.1) is 0 Å². The fraction of sp³-hybridized carbons (Fsp3) is 0.682. The van der Waals surface area contributed by atoms with E-state index in [2.05, 4.69) is 22.3 Å². The second kappa shape index (κ2) is 8.61. The van der Waals surface area contributed by atoms with E-state index in [0.29, 0.717) is 6.04 Å². The predicted molar refractivity (Wildman–Crippen MR) is 105 cm³/mol. The van der Waals surface area contributed by atoms with Crippen molar-refractivity contribution in [3.63, 3.8) is 0 Å². The molecule has 0 radical (unpaired) electrons. The van der Waals surface area contributed by atoms with Gasteiger partial charge in [0.2, 0.25) is 0 Å². The zero-order valence-electron chi connectivity index (χ0n) is 16.2. The van der Waals surface area contributed by atoms with Gasteiger partial charge in [0, 0.05) is 25.2 Å². The Morgan fingerprint density at radius 3 is 2.67 bits per heavy atom. The van der Waals surface area contributed by atoms with Gasteiger partial charge in [-0.2, -0.15) is 0 Å². The molecule has 4 rings (SSSR count). The van der Waals surface area contributed by atoms with Crippen molar-refractivity contribution < 1.29 is 14.6 Å². The van der Waals surface area contributed by atoms with Gasteiger partial charge in [-0.3, -0.25) is 9.69 Å². The number of hydrogen-bond acceptors (Lipinski definition) is 4. The summed E-state index contributed by atoms with van der Waals surface area (Å²) in [4.78, 5) is 14.7. The quantitative estimate of drug-likeness (QED) is 0.833. The van der Waals surface area contributed by atoms with Crippen LogP contribution in [-0.4, -0.2) is 53.8 Å². The smallest absolute Gasteiger partial charge is 0.258 e. The molecule has 2 fully saturated rings. The summed E-state index contributed by atoms with van der Waals surface area (Å²) in [7, 11) is 0. The number of aliphatic hydroxyl groups excluding tert-OH is 1. The molecule has 1 aromatic carbocycles. The number of fused-ring (bicyclic) bond motifs is 1. The summed E-state index contributed by atoms with van der Waals surface area (Å²) < 4.78 is 5.71. The summed E-state index contributed by atoms with van der Waals surface area (Å²) in [5.74, 6) is 0.763. The highest BCUT2D eigenvalue weighted by molar-refractivity contribution is 5.77. The van der Waals surface area contributed by atoms with Gasteiger partial charge in [0.25, 0.3) is 5.91 Å². The Morgan fingerprint density at radius 2 is 1.85 bits per heavy atom. The topological polar surface area (TPSA) is 61.8 Å². The minimum Gasteiger partial charge on any atom is -0.484 e. The second-order valence-electron chi connectivity index (χ2n) is 8.37. The lowest BCUT2D eigenvalue weighted by atomic mass is 9.89. The van der Waals surface area contributed by atoms with Gasteiger partial charge in [-0.05, 0) is 68.2 Å². The highest BCUT2D eigenvalue weighted by Crippen LogP contribution is 2.27. The van der Waals surface area contributed by atoms with E-state index >= 15 is 0 Å². The Hall–Kier alpha value is -1.59. The van der Waals surface area contributed by atoms with Crippen molar-refractivity contribution in [1.82, 2.24) is 10.2 Å². The molecule has 1 saturated heterocycles. The van der Waals surface area contributed by atoms with E-state index < -0.39 is 0 Å². The third-order valence-corrected chi connectivity index (χ3v) is 6.50. The number of carbonyl (C=O) groups excluding carboxylic acids is 1. The average Bonchev–Trinajstić information content (AvgIpc) is 3.15. The van der Waals surface area contributed by atoms with Crippen LogP contribution >= 0.6 is 0 Å². The summed E-state index contributed by atoms with van der Waals surface area (Å²) in [6, 6.07) is 6.73. The minimum atomic E-state index is -0.175. The fourth-order valence-corrected chi connectivity index (χ4v) is 4.95. The van der Waals surface area contributed by atoms with Crippen LogP contribution in [0.25, 0.3) is 0 Å². The molecule has 3 aliphatic rings. The molecule has 0 spiro atoms. The number of hydrogen-bond donors (Lipinski definition) is 2. The van der Waals surface area contributed by atoms with Crippen molar-refractivity contribution in [3.8, 4) is 5.75 Å². The van der Waals surface area contributed by atoms with Crippen LogP contribution in [-0.2, 0) is 17.6 Å². The largest absolute Gasteiger partial charge is 0.484 e. The van der Waals surface area contributed by atoms with Crippen molar-refractivity contribution in [2.75, 3.05) is 19.7 Å². The lowest BCUT2D eigenvalue weighted by Gasteiger charge is -2.41. The monoisotopic (exact) mass is 372 g/mol. The van der Waals surface area contributed by atoms with Gasteiger partial charge in [0.15, 0.2) is 6.61 Å². The van der Waals surface area contributed by atoms with Gasteiger partial charge in [0.05, 0.1) is 6.10 Å². The SMILES string of the molecule is O=C(COc1ccc2c(c1)CCC2)NC1CCN([C@H]2CCCC[C@H]2O)CC1. The number of nitrogens with one attached hydrogen (secondary N) is 1. The van der Waals surface area contributed by atoms with Gasteiger partial charge in [-0.15, -0.1) is 0 Å². The average molecular weight is 373 g/mol. The summed E-state index contributed by atoms with van der Waals surface area (Å²) in [5.41, 5.74) is 2.78. The maximum atomic E-state index is 12.3. The van der Waals surface area contributed by atoms with Crippen molar-refractivity contribution >= 4 is 5.91 Å². The number of rotatable bonds is 5. The molecule has 0 unspecified atom stereocenters. The molecule has 1 aromatic rings. The number of piperidine rings is 1. The molecule has 1 aliphatic heterocycles. The first-order valence-electron chi connectivity index (χ1n) is 10.6. The van der Waals surface area contributed by atoms with Crippen LogP contribution < -0.4 is 10.1 Å². The van der Waals surface area contributed by atoms with E-state index in [0.717, 1.165) is 63.8 Å². The molecule has 2 aliphatic carbocycles. The van der Waals surface area contributed by atoms with E-state index in [4.69, 9.17) is 4.74 Å². The van der Waals surface area contributed by atoms with Gasteiger partial charge in [-0.25, -0.2) is 0 Å². The van der Waals surface area contributed by atoms with Crippen LogP contribution in [0.3, 0.4) is 0 Å². The van der Waals surface area contributed by atoms with Crippen LogP contribution in [0.4, 0.5) is 0 Å². The van der Waals surface area contributed by atoms with Gasteiger partial charge in [0.1, 0.15) is 5.75 Å². The fourth-order valence-electron chi connectivity index (χ4n) is 4.95. The molecule has 0 bridgehead atoms. The lowest BCUT2D eigenvalue weighted by Crippen LogP contribution is -2.52. The molecule has 1 saturated carbocycles. The van der Waals surface area contributed by atoms with Crippen LogP contribution in [0.5, 0.6) is 5.75 Å². The number of likely N-dealkylation sites (tertiary alicyclic amines) is 1. The van der Waals surface area contributed by atoms with E-state index in [1.54, 1.807) is 0 Å². The molecule has 27 heavy (non-hydrogen) atoms. The van der Waals surface area contributed by atoms with E-state index in [1.165, 1.54) is 24.0 Å². The van der Waals surface area contributed by atoms with E-state index in [9.17, 15) is 9.90 Å². The highest BCUT2D eigenvalue weighted by Gasteiger charge is 2.31. The third kappa shape index (κ3) is 4.64.